The Morgan fingerprint density at radius 3 is 1.50 bits per heavy atom. The molecule has 2 aromatic heterocycles. The monoisotopic (exact) mass is 480 g/mol. The number of benzene rings is 2. The Bertz CT molecular complexity index is 920. The summed E-state index contributed by atoms with van der Waals surface area (Å²) < 4.78 is 9.67. The minimum Gasteiger partial charge on any atom is -0.238 e. The van der Waals surface area contributed by atoms with Crippen molar-refractivity contribution in [3.05, 3.63) is 48.5 Å². The number of piperazine rings is 1. The molecule has 0 unspecified atom stereocenters. The molecule has 0 spiro atoms. The Balaban J connectivity index is 1.08. The summed E-state index contributed by atoms with van der Waals surface area (Å²) in [5.41, 5.74) is 2.20. The lowest BCUT2D eigenvalue weighted by atomic mass is 10.3. The van der Waals surface area contributed by atoms with Crippen LogP contribution in [0, 0.1) is 0 Å². The first-order valence-corrected chi connectivity index (χ1v) is 14.6. The number of thiazole rings is 2. The second kappa shape index (κ2) is 9.13. The number of fused-ring (bicyclic) bond motifs is 2. The lowest BCUT2D eigenvalue weighted by Gasteiger charge is -2.31. The van der Waals surface area contributed by atoms with E-state index in [-0.39, 0.29) is 0 Å². The van der Waals surface area contributed by atoms with Gasteiger partial charge in [-0.05, 0) is 67.8 Å². The molecule has 0 aliphatic carbocycles. The molecule has 2 aromatic carbocycles. The highest BCUT2D eigenvalue weighted by molar-refractivity contribution is 8.76. The van der Waals surface area contributed by atoms with Gasteiger partial charge in [0.1, 0.15) is 0 Å². The number of para-hydroxylation sites is 2. The normalized spacial score (nSPS) is 16.3. The lowest BCUT2D eigenvalue weighted by molar-refractivity contribution is 0.312. The molecule has 0 radical (unpaired) electrons. The van der Waals surface area contributed by atoms with Crippen molar-refractivity contribution in [3.63, 3.8) is 0 Å². The highest BCUT2D eigenvalue weighted by atomic mass is 33.1. The van der Waals surface area contributed by atoms with Gasteiger partial charge in [0, 0.05) is 26.2 Å². The first kappa shape index (κ1) is 19.5. The zero-order valence-electron chi connectivity index (χ0n) is 14.7. The molecule has 28 heavy (non-hydrogen) atoms. The maximum absolute atomic E-state index is 4.70. The smallest absolute Gasteiger partial charge is 0.162 e. The Morgan fingerprint density at radius 1 is 0.643 bits per heavy atom. The molecule has 0 N–H and O–H groups in total. The molecular weight excluding hydrogens is 465 g/mol. The number of aromatic nitrogens is 2. The van der Waals surface area contributed by atoms with Crippen LogP contribution in [0.15, 0.2) is 57.2 Å². The first-order valence-electron chi connectivity index (χ1n) is 8.74. The topological polar surface area (TPSA) is 32.3 Å². The molecule has 0 atom stereocenters. The van der Waals surface area contributed by atoms with Gasteiger partial charge in [0.25, 0.3) is 0 Å². The molecule has 1 aliphatic rings. The molecule has 0 amide bonds. The first-order chi connectivity index (χ1) is 13.8. The molecular formula is C18H16N4S6. The SMILES string of the molecule is c1ccc2sc(SSN3CCN(SSc4nc5ccccc5s4)CC3)nc2c1. The van der Waals surface area contributed by atoms with Crippen LogP contribution in [0.25, 0.3) is 20.4 Å². The minimum absolute atomic E-state index is 1.07. The highest BCUT2D eigenvalue weighted by Crippen LogP contribution is 2.41. The quantitative estimate of drug-likeness (QED) is 0.227. The summed E-state index contributed by atoms with van der Waals surface area (Å²) in [5.74, 6) is 0. The molecule has 1 aliphatic heterocycles. The molecule has 3 heterocycles. The second-order valence-corrected chi connectivity index (χ2v) is 13.0. The van der Waals surface area contributed by atoms with Gasteiger partial charge in [-0.25, -0.2) is 18.6 Å². The maximum atomic E-state index is 4.70. The van der Waals surface area contributed by atoms with Crippen molar-refractivity contribution in [1.82, 2.24) is 18.6 Å². The molecule has 1 fully saturated rings. The van der Waals surface area contributed by atoms with E-state index in [0.717, 1.165) is 45.9 Å². The van der Waals surface area contributed by atoms with E-state index in [1.54, 1.807) is 44.3 Å². The van der Waals surface area contributed by atoms with Gasteiger partial charge in [-0.15, -0.1) is 22.7 Å². The number of hydrogen-bond donors (Lipinski definition) is 0. The Kier molecular flexibility index (Phi) is 6.36. The zero-order valence-corrected chi connectivity index (χ0v) is 19.6. The van der Waals surface area contributed by atoms with Gasteiger partial charge in [0.15, 0.2) is 8.68 Å². The summed E-state index contributed by atoms with van der Waals surface area (Å²) in [6, 6.07) is 16.7. The van der Waals surface area contributed by atoms with Gasteiger partial charge in [-0.1, -0.05) is 24.3 Å². The molecule has 5 rings (SSSR count). The van der Waals surface area contributed by atoms with E-state index in [1.807, 2.05) is 34.1 Å². The van der Waals surface area contributed by atoms with Crippen LogP contribution in [0.4, 0.5) is 0 Å². The van der Waals surface area contributed by atoms with Gasteiger partial charge < -0.3 is 0 Å². The Labute approximate surface area is 187 Å². The van der Waals surface area contributed by atoms with Crippen molar-refractivity contribution in [2.24, 2.45) is 0 Å². The standard InChI is InChI=1S/C18H16N4S6/c1-3-7-15-13(5-1)19-17(23-15)25-27-21-9-11-22(12-10-21)28-26-18-20-14-6-2-4-8-16(14)24-18/h1-8H,9-12H2. The van der Waals surface area contributed by atoms with Gasteiger partial charge in [-0.3, -0.25) is 0 Å². The molecule has 10 heteroatoms. The van der Waals surface area contributed by atoms with Crippen molar-refractivity contribution in [2.45, 2.75) is 8.68 Å². The molecule has 1 saturated heterocycles. The van der Waals surface area contributed by atoms with Gasteiger partial charge in [-0.2, -0.15) is 0 Å². The lowest BCUT2D eigenvalue weighted by Crippen LogP contribution is -2.39. The largest absolute Gasteiger partial charge is 0.238 e. The van der Waals surface area contributed by atoms with Crippen LogP contribution in [0.3, 0.4) is 0 Å². The zero-order chi connectivity index (χ0) is 18.8. The fraction of sp³-hybridized carbons (Fsp3) is 0.222. The van der Waals surface area contributed by atoms with Crippen LogP contribution < -0.4 is 0 Å². The Morgan fingerprint density at radius 2 is 1.07 bits per heavy atom. The van der Waals surface area contributed by atoms with Crippen LogP contribution in [-0.4, -0.2) is 44.8 Å². The molecule has 4 aromatic rings. The van der Waals surface area contributed by atoms with Crippen LogP contribution in [0.2, 0.25) is 0 Å². The Hall–Kier alpha value is -0.460. The summed E-state index contributed by atoms with van der Waals surface area (Å²) in [4.78, 5) is 9.41. The van der Waals surface area contributed by atoms with E-state index in [4.69, 9.17) is 9.97 Å². The third-order valence-electron chi connectivity index (χ3n) is 4.17. The van der Waals surface area contributed by atoms with Crippen molar-refractivity contribution < 1.29 is 0 Å². The van der Waals surface area contributed by atoms with Crippen LogP contribution in [0.5, 0.6) is 0 Å². The van der Waals surface area contributed by atoms with Crippen molar-refractivity contribution in [1.29, 1.82) is 0 Å². The van der Waals surface area contributed by atoms with E-state index in [1.165, 1.54) is 9.40 Å². The van der Waals surface area contributed by atoms with Crippen LogP contribution in [0.1, 0.15) is 0 Å². The average Bonchev–Trinajstić information content (AvgIpc) is 3.34. The summed E-state index contributed by atoms with van der Waals surface area (Å²) in [5, 5.41) is 0. The van der Waals surface area contributed by atoms with Gasteiger partial charge >= 0.3 is 0 Å². The highest BCUT2D eigenvalue weighted by Gasteiger charge is 2.20. The number of rotatable bonds is 6. The van der Waals surface area contributed by atoms with Gasteiger partial charge in [0.05, 0.1) is 20.4 Å². The fourth-order valence-corrected chi connectivity index (χ4v) is 9.49. The molecule has 0 saturated carbocycles. The summed E-state index contributed by atoms with van der Waals surface area (Å²) in [7, 11) is 7.22. The second-order valence-electron chi connectivity index (χ2n) is 6.07. The fourth-order valence-electron chi connectivity index (χ4n) is 2.76. The van der Waals surface area contributed by atoms with Crippen molar-refractivity contribution in [2.75, 3.05) is 26.2 Å². The predicted molar refractivity (Wildman–Crippen MR) is 129 cm³/mol. The van der Waals surface area contributed by atoms with E-state index >= 15 is 0 Å². The maximum Gasteiger partial charge on any atom is 0.162 e. The van der Waals surface area contributed by atoms with Gasteiger partial charge in [0.2, 0.25) is 0 Å². The minimum atomic E-state index is 1.07. The average molecular weight is 481 g/mol. The van der Waals surface area contributed by atoms with Crippen molar-refractivity contribution >= 4 is 86.7 Å². The summed E-state index contributed by atoms with van der Waals surface area (Å²) in [6.45, 7) is 4.26. The number of nitrogens with zero attached hydrogens (tertiary/aromatic N) is 4. The van der Waals surface area contributed by atoms with Crippen molar-refractivity contribution in [3.8, 4) is 0 Å². The predicted octanol–water partition coefficient (Wildman–Crippen LogP) is 6.53. The molecule has 0 bridgehead atoms. The summed E-state index contributed by atoms with van der Waals surface area (Å²) in [6.07, 6.45) is 0. The molecule has 144 valence electrons. The third-order valence-corrected chi connectivity index (χ3v) is 11.9. The third kappa shape index (κ3) is 4.65. The number of hydrogen-bond acceptors (Lipinski definition) is 10. The van der Waals surface area contributed by atoms with Crippen LogP contribution in [-0.2, 0) is 0 Å². The van der Waals surface area contributed by atoms with E-state index in [9.17, 15) is 0 Å². The van der Waals surface area contributed by atoms with E-state index in [2.05, 4.69) is 45.0 Å². The summed E-state index contributed by atoms with van der Waals surface area (Å²) >= 11 is 3.55. The van der Waals surface area contributed by atoms with E-state index < -0.39 is 0 Å². The van der Waals surface area contributed by atoms with E-state index in [0.29, 0.717) is 0 Å². The molecule has 4 nitrogen and oxygen atoms in total. The van der Waals surface area contributed by atoms with Crippen LogP contribution >= 0.6 is 66.2 Å².